The molecule has 4 heterocycles. The van der Waals surface area contributed by atoms with Crippen molar-refractivity contribution in [1.82, 2.24) is 9.88 Å². The average molecular weight is 552 g/mol. The van der Waals surface area contributed by atoms with Crippen molar-refractivity contribution in [2.24, 2.45) is 0 Å². The molecule has 6 rings (SSSR count). The molecule has 2 aromatic carbocycles. The second kappa shape index (κ2) is 10.2. The Hall–Kier alpha value is -3.11. The summed E-state index contributed by atoms with van der Waals surface area (Å²) >= 11 is 1.74. The minimum absolute atomic E-state index is 0.0744. The largest absolute Gasteiger partial charge is 0.369 e. The molecule has 0 unspecified atom stereocenters. The van der Waals surface area contributed by atoms with Crippen molar-refractivity contribution < 1.29 is 13.2 Å². The van der Waals surface area contributed by atoms with E-state index in [-0.39, 0.29) is 17.5 Å². The molecule has 38 heavy (non-hydrogen) atoms. The number of urea groups is 1. The number of carbonyl (C=O) groups excluding carboxylic acids is 1. The summed E-state index contributed by atoms with van der Waals surface area (Å²) < 4.78 is 23.4. The van der Waals surface area contributed by atoms with Crippen LogP contribution in [0, 0.1) is 0 Å². The topological polar surface area (TPSA) is 77.1 Å². The maximum absolute atomic E-state index is 12.7. The van der Waals surface area contributed by atoms with Gasteiger partial charge in [-0.15, -0.1) is 11.3 Å². The Morgan fingerprint density at radius 2 is 1.66 bits per heavy atom. The molecule has 200 valence electrons. The van der Waals surface area contributed by atoms with E-state index >= 15 is 0 Å². The summed E-state index contributed by atoms with van der Waals surface area (Å²) in [7, 11) is -1.01. The van der Waals surface area contributed by atoms with E-state index in [1.54, 1.807) is 16.2 Å². The van der Waals surface area contributed by atoms with Crippen LogP contribution in [-0.2, 0) is 29.2 Å². The van der Waals surface area contributed by atoms with Gasteiger partial charge in [0.05, 0.1) is 11.5 Å². The number of amides is 2. The predicted molar refractivity (Wildman–Crippen MR) is 153 cm³/mol. The number of thiazole rings is 1. The average Bonchev–Trinajstić information content (AvgIpc) is 3.39. The third-order valence-corrected chi connectivity index (χ3v) is 10.4. The normalized spacial score (nSPS) is 19.6. The van der Waals surface area contributed by atoms with Crippen LogP contribution in [0.15, 0.2) is 48.7 Å². The Morgan fingerprint density at radius 1 is 0.895 bits per heavy atom. The molecule has 0 N–H and O–H groups in total. The van der Waals surface area contributed by atoms with Gasteiger partial charge in [0.1, 0.15) is 0 Å². The molecule has 0 bridgehead atoms. The van der Waals surface area contributed by atoms with Gasteiger partial charge in [0.2, 0.25) is 0 Å². The van der Waals surface area contributed by atoms with Gasteiger partial charge in [-0.05, 0) is 53.8 Å². The van der Waals surface area contributed by atoms with E-state index < -0.39 is 9.84 Å². The summed E-state index contributed by atoms with van der Waals surface area (Å²) in [5.74, 6) is 0.461. The zero-order chi connectivity index (χ0) is 26.3. The molecule has 2 fully saturated rings. The molecule has 0 spiro atoms. The number of anilines is 3. The molecule has 3 aromatic rings. The van der Waals surface area contributed by atoms with E-state index in [4.69, 9.17) is 4.98 Å². The van der Waals surface area contributed by atoms with Crippen molar-refractivity contribution in [3.05, 3.63) is 70.2 Å². The van der Waals surface area contributed by atoms with Gasteiger partial charge in [-0.2, -0.15) is 0 Å². The van der Waals surface area contributed by atoms with Crippen LogP contribution in [0.5, 0.6) is 0 Å². The monoisotopic (exact) mass is 551 g/mol. The first kappa shape index (κ1) is 25.2. The highest BCUT2D eigenvalue weighted by Gasteiger charge is 2.26. The lowest BCUT2D eigenvalue weighted by Crippen LogP contribution is -2.47. The lowest BCUT2D eigenvalue weighted by molar-refractivity contribution is 0.207. The van der Waals surface area contributed by atoms with Crippen LogP contribution in [0.4, 0.5) is 21.3 Å². The first-order valence-electron chi connectivity index (χ1n) is 13.2. The third-order valence-electron chi connectivity index (χ3n) is 7.78. The number of benzene rings is 2. The van der Waals surface area contributed by atoms with Crippen molar-refractivity contribution in [3.63, 3.8) is 0 Å². The zero-order valence-electron chi connectivity index (χ0n) is 21.7. The molecule has 10 heteroatoms. The van der Waals surface area contributed by atoms with Crippen molar-refractivity contribution >= 4 is 43.7 Å². The smallest absolute Gasteiger partial charge is 0.324 e. The number of carbonyl (C=O) groups is 1. The van der Waals surface area contributed by atoms with E-state index in [1.807, 2.05) is 18.1 Å². The minimum atomic E-state index is -2.88. The second-order valence-electron chi connectivity index (χ2n) is 10.4. The number of aromatic nitrogens is 1. The highest BCUT2D eigenvalue weighted by atomic mass is 32.2. The molecule has 3 aliphatic rings. The number of sulfone groups is 1. The number of fused-ring (bicyclic) bond motifs is 1. The first-order chi connectivity index (χ1) is 18.3. The lowest BCUT2D eigenvalue weighted by Gasteiger charge is -2.34. The van der Waals surface area contributed by atoms with Gasteiger partial charge in [0, 0.05) is 75.2 Å². The summed E-state index contributed by atoms with van der Waals surface area (Å²) in [5, 5.41) is 1.04. The van der Waals surface area contributed by atoms with Gasteiger partial charge in [-0.3, -0.25) is 4.90 Å². The summed E-state index contributed by atoms with van der Waals surface area (Å²) in [5.41, 5.74) is 5.91. The van der Waals surface area contributed by atoms with Crippen LogP contribution in [0.3, 0.4) is 0 Å². The van der Waals surface area contributed by atoms with Crippen molar-refractivity contribution in [3.8, 4) is 0 Å². The Morgan fingerprint density at radius 3 is 2.45 bits per heavy atom. The van der Waals surface area contributed by atoms with Crippen LogP contribution < -0.4 is 14.7 Å². The highest BCUT2D eigenvalue weighted by molar-refractivity contribution is 7.91. The maximum atomic E-state index is 12.7. The van der Waals surface area contributed by atoms with Crippen molar-refractivity contribution in [2.75, 3.05) is 66.0 Å². The van der Waals surface area contributed by atoms with Crippen LogP contribution in [0.25, 0.3) is 0 Å². The molecule has 1 aromatic heterocycles. The van der Waals surface area contributed by atoms with Crippen molar-refractivity contribution in [2.45, 2.75) is 25.8 Å². The molecule has 2 saturated heterocycles. The van der Waals surface area contributed by atoms with Gasteiger partial charge in [0.25, 0.3) is 0 Å². The maximum Gasteiger partial charge on any atom is 0.324 e. The molecule has 3 aliphatic heterocycles. The Kier molecular flexibility index (Phi) is 6.77. The fourth-order valence-electron chi connectivity index (χ4n) is 5.50. The summed E-state index contributed by atoms with van der Waals surface area (Å²) in [6.45, 7) is 4.44. The molecule has 0 radical (unpaired) electrons. The standard InChI is InChI=1S/C28H33N5O3S2/c1-30-10-2-11-33(28(30)34)25-8-5-22-9-12-32(20-23(22)18-25)27-29-19-26(37-27)17-21-3-6-24(7-4-21)31-13-15-38(35,36)16-14-31/h3-8,18-19H,2,9-17,20H2,1H3. The Bertz CT molecular complexity index is 1420. The van der Waals surface area contributed by atoms with Crippen LogP contribution in [0.1, 0.15) is 28.0 Å². The van der Waals surface area contributed by atoms with E-state index in [9.17, 15) is 13.2 Å². The number of rotatable bonds is 5. The Balaban J connectivity index is 1.10. The van der Waals surface area contributed by atoms with E-state index in [0.29, 0.717) is 13.1 Å². The molecule has 2 amide bonds. The summed E-state index contributed by atoms with van der Waals surface area (Å²) in [4.78, 5) is 26.8. The third kappa shape index (κ3) is 5.24. The molecule has 0 aliphatic carbocycles. The fraction of sp³-hybridized carbons (Fsp3) is 0.429. The molecular weight excluding hydrogens is 518 g/mol. The lowest BCUT2D eigenvalue weighted by atomic mass is 9.99. The van der Waals surface area contributed by atoms with Gasteiger partial charge >= 0.3 is 6.03 Å². The minimum Gasteiger partial charge on any atom is -0.369 e. The van der Waals surface area contributed by atoms with E-state index in [2.05, 4.69) is 52.3 Å². The molecule has 8 nitrogen and oxygen atoms in total. The number of hydrogen-bond acceptors (Lipinski definition) is 7. The SMILES string of the molecule is CN1CCCN(c2ccc3c(c2)CN(c2ncc(Cc4ccc(N5CCS(=O)(=O)CC5)cc4)s2)CC3)C1=O. The van der Waals surface area contributed by atoms with E-state index in [1.165, 1.54) is 21.6 Å². The van der Waals surface area contributed by atoms with Gasteiger partial charge in [-0.1, -0.05) is 18.2 Å². The van der Waals surface area contributed by atoms with Gasteiger partial charge in [-0.25, -0.2) is 18.2 Å². The van der Waals surface area contributed by atoms with Gasteiger partial charge in [0.15, 0.2) is 15.0 Å². The van der Waals surface area contributed by atoms with E-state index in [0.717, 1.165) is 61.9 Å². The number of hydrogen-bond donors (Lipinski definition) is 0. The fourth-order valence-corrected chi connectivity index (χ4v) is 7.67. The molecule has 0 saturated carbocycles. The van der Waals surface area contributed by atoms with Crippen LogP contribution >= 0.6 is 11.3 Å². The van der Waals surface area contributed by atoms with Crippen LogP contribution in [0.2, 0.25) is 0 Å². The first-order valence-corrected chi connectivity index (χ1v) is 15.9. The summed E-state index contributed by atoms with van der Waals surface area (Å²) in [6.07, 6.45) is 4.76. The summed E-state index contributed by atoms with van der Waals surface area (Å²) in [6, 6.07) is 15.0. The second-order valence-corrected chi connectivity index (χ2v) is 13.8. The Labute approximate surface area is 228 Å². The zero-order valence-corrected chi connectivity index (χ0v) is 23.3. The predicted octanol–water partition coefficient (Wildman–Crippen LogP) is 3.79. The molecule has 0 atom stereocenters. The van der Waals surface area contributed by atoms with Crippen LogP contribution in [-0.4, -0.2) is 75.6 Å². The highest BCUT2D eigenvalue weighted by Crippen LogP contribution is 2.32. The van der Waals surface area contributed by atoms with Gasteiger partial charge < -0.3 is 14.7 Å². The van der Waals surface area contributed by atoms with Crippen molar-refractivity contribution in [1.29, 1.82) is 0 Å². The number of nitrogens with zero attached hydrogens (tertiary/aromatic N) is 5. The molecular formula is C28H33N5O3S2. The quantitative estimate of drug-likeness (QED) is 0.480.